The smallest absolute Gasteiger partial charge is 0.266 e. The lowest BCUT2D eigenvalue weighted by Gasteiger charge is -2.13. The van der Waals surface area contributed by atoms with Crippen LogP contribution in [0.1, 0.15) is 5.56 Å². The first kappa shape index (κ1) is 26.1. The van der Waals surface area contributed by atoms with Gasteiger partial charge in [0.05, 0.1) is 55.5 Å². The van der Waals surface area contributed by atoms with E-state index in [9.17, 15) is 9.59 Å². The Bertz CT molecular complexity index is 1500. The van der Waals surface area contributed by atoms with Gasteiger partial charge in [-0.1, -0.05) is 35.5 Å². The molecule has 0 atom stereocenters. The van der Waals surface area contributed by atoms with Crippen LogP contribution in [0, 0.1) is 0 Å². The maximum absolute atomic E-state index is 13.3. The summed E-state index contributed by atoms with van der Waals surface area (Å²) in [7, 11) is 4.56. The van der Waals surface area contributed by atoms with E-state index in [1.807, 2.05) is 0 Å². The minimum absolute atomic E-state index is 0.0351. The van der Waals surface area contributed by atoms with Crippen LogP contribution in [-0.4, -0.2) is 48.8 Å². The molecule has 0 bridgehead atoms. The van der Waals surface area contributed by atoms with E-state index in [1.165, 1.54) is 32.1 Å². The largest absolute Gasteiger partial charge is 0.496 e. The monoisotopic (exact) mass is 538 g/mol. The van der Waals surface area contributed by atoms with Gasteiger partial charge in [-0.15, -0.1) is 0 Å². The molecule has 1 heterocycles. The van der Waals surface area contributed by atoms with Gasteiger partial charge in [0.15, 0.2) is 5.16 Å². The number of carbonyl (C=O) groups excluding carboxylic acids is 1. The molecule has 0 saturated carbocycles. The number of amides is 1. The van der Waals surface area contributed by atoms with E-state index in [0.29, 0.717) is 49.6 Å². The molecule has 0 spiro atoms. The summed E-state index contributed by atoms with van der Waals surface area (Å²) in [6.07, 6.45) is 1.43. The fourth-order valence-electron chi connectivity index (χ4n) is 3.52. The van der Waals surface area contributed by atoms with Crippen LogP contribution in [0.15, 0.2) is 75.7 Å². The van der Waals surface area contributed by atoms with Crippen molar-refractivity contribution in [1.29, 1.82) is 0 Å². The molecule has 0 radical (unpaired) electrons. The first-order valence-corrected chi connectivity index (χ1v) is 12.3. The second kappa shape index (κ2) is 11.8. The van der Waals surface area contributed by atoms with Gasteiger partial charge in [-0.25, -0.2) is 10.4 Å². The molecule has 0 fully saturated rings. The van der Waals surface area contributed by atoms with Crippen molar-refractivity contribution >= 4 is 46.4 Å². The van der Waals surface area contributed by atoms with Crippen LogP contribution >= 0.6 is 23.4 Å². The molecule has 4 aromatic rings. The van der Waals surface area contributed by atoms with Crippen LogP contribution in [0.5, 0.6) is 17.2 Å². The number of methoxy groups -OCH3 is 3. The molecule has 1 amide bonds. The highest BCUT2D eigenvalue weighted by Crippen LogP contribution is 2.32. The summed E-state index contributed by atoms with van der Waals surface area (Å²) in [5.41, 5.74) is 3.91. The standard InChI is InChI=1S/C26H23ClN4O5S/c1-34-18-12-22(35-2)20(23(13-18)36-3)14-28-30-24(32)15-37-26-29-21-7-5-4-6-19(21)25(33)31(26)17-10-8-16(27)9-11-17/h4-14H,15H2,1-3H3,(H,30,32)/b28-14+. The van der Waals surface area contributed by atoms with E-state index in [1.54, 1.807) is 60.7 Å². The van der Waals surface area contributed by atoms with E-state index in [-0.39, 0.29) is 11.3 Å². The highest BCUT2D eigenvalue weighted by molar-refractivity contribution is 7.99. The molecule has 0 aliphatic rings. The molecule has 1 aromatic heterocycles. The Morgan fingerprint density at radius 3 is 2.38 bits per heavy atom. The van der Waals surface area contributed by atoms with Gasteiger partial charge in [0.2, 0.25) is 0 Å². The zero-order valence-electron chi connectivity index (χ0n) is 20.2. The Hall–Kier alpha value is -4.02. The van der Waals surface area contributed by atoms with Crippen molar-refractivity contribution in [2.45, 2.75) is 5.16 Å². The third-order valence-electron chi connectivity index (χ3n) is 5.30. The van der Waals surface area contributed by atoms with E-state index in [4.69, 9.17) is 25.8 Å². The third-order valence-corrected chi connectivity index (χ3v) is 6.49. The van der Waals surface area contributed by atoms with Gasteiger partial charge in [0.1, 0.15) is 17.2 Å². The molecular formula is C26H23ClN4O5S. The first-order valence-electron chi connectivity index (χ1n) is 11.0. The predicted molar refractivity (Wildman–Crippen MR) is 145 cm³/mol. The Morgan fingerprint density at radius 1 is 1.05 bits per heavy atom. The van der Waals surface area contributed by atoms with Gasteiger partial charge in [-0.3, -0.25) is 14.2 Å². The maximum atomic E-state index is 13.3. The number of halogens is 1. The zero-order chi connectivity index (χ0) is 26.4. The Labute approximate surface area is 222 Å². The van der Waals surface area contributed by atoms with Crippen molar-refractivity contribution in [2.75, 3.05) is 27.1 Å². The molecule has 3 aromatic carbocycles. The van der Waals surface area contributed by atoms with Gasteiger partial charge in [-0.05, 0) is 36.4 Å². The summed E-state index contributed by atoms with van der Waals surface area (Å²) >= 11 is 7.14. The van der Waals surface area contributed by atoms with Gasteiger partial charge in [-0.2, -0.15) is 5.10 Å². The molecular weight excluding hydrogens is 516 g/mol. The van der Waals surface area contributed by atoms with Crippen LogP contribution in [0.25, 0.3) is 16.6 Å². The predicted octanol–water partition coefficient (Wildman–Crippen LogP) is 4.31. The number of carbonyl (C=O) groups is 1. The van der Waals surface area contributed by atoms with Crippen LogP contribution in [0.3, 0.4) is 0 Å². The normalized spacial score (nSPS) is 11.0. The van der Waals surface area contributed by atoms with E-state index >= 15 is 0 Å². The van der Waals surface area contributed by atoms with Gasteiger partial charge in [0.25, 0.3) is 11.5 Å². The van der Waals surface area contributed by atoms with Crippen molar-refractivity contribution in [1.82, 2.24) is 15.0 Å². The molecule has 0 aliphatic carbocycles. The number of hydrogen-bond acceptors (Lipinski definition) is 8. The number of hydrazone groups is 1. The van der Waals surface area contributed by atoms with Crippen molar-refractivity contribution in [3.63, 3.8) is 0 Å². The summed E-state index contributed by atoms with van der Waals surface area (Å²) in [6.45, 7) is 0. The highest BCUT2D eigenvalue weighted by Gasteiger charge is 2.15. The summed E-state index contributed by atoms with van der Waals surface area (Å²) in [6, 6.07) is 17.3. The van der Waals surface area contributed by atoms with Crippen LogP contribution in [0.2, 0.25) is 5.02 Å². The fourth-order valence-corrected chi connectivity index (χ4v) is 4.45. The fraction of sp³-hybridized carbons (Fsp3) is 0.154. The minimum atomic E-state index is -0.391. The molecule has 11 heteroatoms. The minimum Gasteiger partial charge on any atom is -0.496 e. The quantitative estimate of drug-likeness (QED) is 0.146. The molecule has 1 N–H and O–H groups in total. The maximum Gasteiger partial charge on any atom is 0.266 e. The second-order valence-electron chi connectivity index (χ2n) is 7.56. The van der Waals surface area contributed by atoms with Crippen molar-refractivity contribution in [3.05, 3.63) is 81.6 Å². The molecule has 0 unspecified atom stereocenters. The highest BCUT2D eigenvalue weighted by atomic mass is 35.5. The number of aromatic nitrogens is 2. The average molecular weight is 539 g/mol. The molecule has 0 saturated heterocycles. The Balaban J connectivity index is 1.55. The lowest BCUT2D eigenvalue weighted by molar-refractivity contribution is -0.118. The number of rotatable bonds is 9. The van der Waals surface area contributed by atoms with Crippen LogP contribution in [-0.2, 0) is 4.79 Å². The van der Waals surface area contributed by atoms with Gasteiger partial charge < -0.3 is 14.2 Å². The van der Waals surface area contributed by atoms with Crippen molar-refractivity contribution in [3.8, 4) is 22.9 Å². The number of para-hydroxylation sites is 1. The second-order valence-corrected chi connectivity index (χ2v) is 8.93. The lowest BCUT2D eigenvalue weighted by Crippen LogP contribution is -2.24. The third kappa shape index (κ3) is 5.87. The van der Waals surface area contributed by atoms with Crippen molar-refractivity contribution < 1.29 is 19.0 Å². The number of thioether (sulfide) groups is 1. The summed E-state index contributed by atoms with van der Waals surface area (Å²) < 4.78 is 17.5. The van der Waals surface area contributed by atoms with E-state index < -0.39 is 5.91 Å². The number of nitrogens with one attached hydrogen (secondary N) is 1. The number of ether oxygens (including phenoxy) is 3. The summed E-state index contributed by atoms with van der Waals surface area (Å²) in [5.74, 6) is 1.07. The number of nitrogens with zero attached hydrogens (tertiary/aromatic N) is 3. The summed E-state index contributed by atoms with van der Waals surface area (Å²) in [4.78, 5) is 30.5. The van der Waals surface area contributed by atoms with Gasteiger partial charge in [0, 0.05) is 17.2 Å². The SMILES string of the molecule is COc1cc(OC)c(/C=N/NC(=O)CSc2nc3ccccc3c(=O)n2-c2ccc(Cl)cc2)c(OC)c1. The van der Waals surface area contributed by atoms with Crippen LogP contribution in [0.4, 0.5) is 0 Å². The molecule has 0 aliphatic heterocycles. The number of benzene rings is 3. The van der Waals surface area contributed by atoms with Gasteiger partial charge >= 0.3 is 0 Å². The molecule has 37 heavy (non-hydrogen) atoms. The topological polar surface area (TPSA) is 104 Å². The van der Waals surface area contributed by atoms with Crippen molar-refractivity contribution in [2.24, 2.45) is 5.10 Å². The zero-order valence-corrected chi connectivity index (χ0v) is 21.8. The molecule has 190 valence electrons. The average Bonchev–Trinajstić information content (AvgIpc) is 2.92. The number of hydrogen-bond donors (Lipinski definition) is 1. The molecule has 4 rings (SSSR count). The summed E-state index contributed by atoms with van der Waals surface area (Å²) in [5, 5.41) is 5.42. The lowest BCUT2D eigenvalue weighted by atomic mass is 10.2. The molecule has 9 nitrogen and oxygen atoms in total. The van der Waals surface area contributed by atoms with Crippen LogP contribution < -0.4 is 25.2 Å². The Morgan fingerprint density at radius 2 is 1.73 bits per heavy atom. The van der Waals surface area contributed by atoms with E-state index in [2.05, 4.69) is 15.5 Å². The number of fused-ring (bicyclic) bond motifs is 1. The van der Waals surface area contributed by atoms with E-state index in [0.717, 1.165) is 11.8 Å². The first-order chi connectivity index (χ1) is 17.9. The Kier molecular flexibility index (Phi) is 8.32.